The number of hydrogen-bond donors (Lipinski definition) is 0. The molecule has 0 aliphatic rings. The molecular formula is C23H24N4O4. The SMILES string of the molecule is CCCCOc1c(OC)cc(/C=C(/C#N)c2nc3ccccc3n2CC)cc1[N+](=O)[O-]. The third-order valence-corrected chi connectivity index (χ3v) is 4.86. The van der Waals surface area contributed by atoms with Crippen molar-refractivity contribution in [1.82, 2.24) is 9.55 Å². The number of ether oxygens (including phenoxy) is 2. The zero-order valence-corrected chi connectivity index (χ0v) is 17.8. The first kappa shape index (κ1) is 21.8. The van der Waals surface area contributed by atoms with E-state index >= 15 is 0 Å². The average molecular weight is 420 g/mol. The fourth-order valence-electron chi connectivity index (χ4n) is 3.36. The summed E-state index contributed by atoms with van der Waals surface area (Å²) in [5, 5.41) is 21.5. The van der Waals surface area contributed by atoms with E-state index in [9.17, 15) is 15.4 Å². The van der Waals surface area contributed by atoms with E-state index in [0.29, 0.717) is 30.1 Å². The number of para-hydroxylation sites is 2. The van der Waals surface area contributed by atoms with Crippen LogP contribution in [-0.2, 0) is 6.54 Å². The van der Waals surface area contributed by atoms with Crippen molar-refractivity contribution in [3.8, 4) is 17.6 Å². The third-order valence-electron chi connectivity index (χ3n) is 4.86. The number of fused-ring (bicyclic) bond motifs is 1. The minimum absolute atomic E-state index is 0.0948. The average Bonchev–Trinajstić information content (AvgIpc) is 3.16. The van der Waals surface area contributed by atoms with E-state index in [0.717, 1.165) is 23.9 Å². The normalized spacial score (nSPS) is 11.4. The summed E-state index contributed by atoms with van der Waals surface area (Å²) in [5.41, 5.74) is 2.25. The summed E-state index contributed by atoms with van der Waals surface area (Å²) in [6.07, 6.45) is 3.26. The second kappa shape index (κ2) is 9.76. The number of nitrogens with zero attached hydrogens (tertiary/aromatic N) is 4. The van der Waals surface area contributed by atoms with Crippen LogP contribution in [0.1, 0.15) is 38.1 Å². The number of benzene rings is 2. The molecule has 0 amide bonds. The predicted octanol–water partition coefficient (Wildman–Crippen LogP) is 5.22. The van der Waals surface area contributed by atoms with Crippen LogP contribution in [0, 0.1) is 21.4 Å². The van der Waals surface area contributed by atoms with E-state index in [1.165, 1.54) is 13.2 Å². The Kier molecular flexibility index (Phi) is 6.88. The van der Waals surface area contributed by atoms with E-state index in [-0.39, 0.29) is 17.2 Å². The zero-order chi connectivity index (χ0) is 22.4. The first-order valence-corrected chi connectivity index (χ1v) is 10.1. The number of imidazole rings is 1. The van der Waals surface area contributed by atoms with Crippen LogP contribution in [0.2, 0.25) is 0 Å². The van der Waals surface area contributed by atoms with Crippen molar-refractivity contribution in [2.45, 2.75) is 33.2 Å². The molecular weight excluding hydrogens is 396 g/mol. The van der Waals surface area contributed by atoms with Crippen molar-refractivity contribution in [1.29, 1.82) is 5.26 Å². The predicted molar refractivity (Wildman–Crippen MR) is 119 cm³/mol. The van der Waals surface area contributed by atoms with E-state index in [1.807, 2.05) is 42.7 Å². The molecule has 0 N–H and O–H groups in total. The fraction of sp³-hybridized carbons (Fsp3) is 0.304. The van der Waals surface area contributed by atoms with Gasteiger partial charge in [0.15, 0.2) is 11.6 Å². The van der Waals surface area contributed by atoms with Gasteiger partial charge in [0.25, 0.3) is 0 Å². The smallest absolute Gasteiger partial charge is 0.315 e. The zero-order valence-electron chi connectivity index (χ0n) is 17.8. The molecule has 3 rings (SSSR count). The Balaban J connectivity index is 2.12. The molecule has 8 nitrogen and oxygen atoms in total. The van der Waals surface area contributed by atoms with Gasteiger partial charge < -0.3 is 14.0 Å². The van der Waals surface area contributed by atoms with Crippen LogP contribution in [0.4, 0.5) is 5.69 Å². The summed E-state index contributed by atoms with van der Waals surface area (Å²) in [7, 11) is 1.43. The second-order valence-electron chi connectivity index (χ2n) is 6.87. The highest BCUT2D eigenvalue weighted by atomic mass is 16.6. The van der Waals surface area contributed by atoms with Gasteiger partial charge in [-0.25, -0.2) is 4.98 Å². The second-order valence-corrected chi connectivity index (χ2v) is 6.87. The topological polar surface area (TPSA) is 103 Å². The molecule has 0 atom stereocenters. The van der Waals surface area contributed by atoms with Gasteiger partial charge in [0.05, 0.1) is 35.2 Å². The van der Waals surface area contributed by atoms with Gasteiger partial charge in [0.2, 0.25) is 5.75 Å². The van der Waals surface area contributed by atoms with E-state index in [2.05, 4.69) is 11.1 Å². The van der Waals surface area contributed by atoms with Crippen molar-refractivity contribution in [2.24, 2.45) is 0 Å². The molecule has 0 unspecified atom stereocenters. The third kappa shape index (κ3) is 4.51. The van der Waals surface area contributed by atoms with Crippen LogP contribution in [0.5, 0.6) is 11.5 Å². The van der Waals surface area contributed by atoms with Crippen molar-refractivity contribution < 1.29 is 14.4 Å². The maximum absolute atomic E-state index is 11.7. The number of methoxy groups -OCH3 is 1. The van der Waals surface area contributed by atoms with Crippen molar-refractivity contribution in [3.63, 3.8) is 0 Å². The van der Waals surface area contributed by atoms with Gasteiger partial charge in [0.1, 0.15) is 6.07 Å². The highest BCUT2D eigenvalue weighted by Gasteiger charge is 2.23. The fourth-order valence-corrected chi connectivity index (χ4v) is 3.36. The summed E-state index contributed by atoms with van der Waals surface area (Å²) >= 11 is 0. The molecule has 8 heteroatoms. The van der Waals surface area contributed by atoms with Gasteiger partial charge in [-0.3, -0.25) is 10.1 Å². The molecule has 160 valence electrons. The highest BCUT2D eigenvalue weighted by Crippen LogP contribution is 2.39. The summed E-state index contributed by atoms with van der Waals surface area (Å²) < 4.78 is 12.9. The lowest BCUT2D eigenvalue weighted by atomic mass is 10.1. The molecule has 0 aliphatic heterocycles. The lowest BCUT2D eigenvalue weighted by Crippen LogP contribution is -2.03. The van der Waals surface area contributed by atoms with Gasteiger partial charge in [-0.1, -0.05) is 25.5 Å². The number of rotatable bonds is 9. The van der Waals surface area contributed by atoms with Crippen LogP contribution in [-0.4, -0.2) is 28.2 Å². The molecule has 0 spiro atoms. The Morgan fingerprint density at radius 1 is 1.32 bits per heavy atom. The molecule has 31 heavy (non-hydrogen) atoms. The Hall–Kier alpha value is -3.86. The Labute approximate surface area is 180 Å². The van der Waals surface area contributed by atoms with Gasteiger partial charge >= 0.3 is 5.69 Å². The molecule has 0 aliphatic carbocycles. The van der Waals surface area contributed by atoms with Crippen molar-refractivity contribution in [2.75, 3.05) is 13.7 Å². The molecule has 3 aromatic rings. The Bertz CT molecular complexity index is 1170. The number of nitro benzene ring substituents is 1. The molecule has 0 bridgehead atoms. The van der Waals surface area contributed by atoms with Crippen LogP contribution in [0.3, 0.4) is 0 Å². The molecule has 0 fully saturated rings. The lowest BCUT2D eigenvalue weighted by molar-refractivity contribution is -0.386. The number of nitro groups is 1. The number of unbranched alkanes of at least 4 members (excludes halogenated alkanes) is 1. The van der Waals surface area contributed by atoms with E-state index < -0.39 is 4.92 Å². The first-order valence-electron chi connectivity index (χ1n) is 10.1. The van der Waals surface area contributed by atoms with Gasteiger partial charge in [-0.2, -0.15) is 5.26 Å². The number of hydrogen-bond acceptors (Lipinski definition) is 6. The monoisotopic (exact) mass is 420 g/mol. The molecule has 0 saturated heterocycles. The Morgan fingerprint density at radius 3 is 2.74 bits per heavy atom. The minimum Gasteiger partial charge on any atom is -0.493 e. The quantitative estimate of drug-likeness (QED) is 0.204. The molecule has 2 aromatic carbocycles. The maximum atomic E-state index is 11.7. The van der Waals surface area contributed by atoms with Crippen LogP contribution in [0.25, 0.3) is 22.7 Å². The minimum atomic E-state index is -0.505. The summed E-state index contributed by atoms with van der Waals surface area (Å²) in [4.78, 5) is 15.8. The highest BCUT2D eigenvalue weighted by molar-refractivity contribution is 5.91. The van der Waals surface area contributed by atoms with Gasteiger partial charge in [-0.15, -0.1) is 0 Å². The van der Waals surface area contributed by atoms with E-state index in [1.54, 1.807) is 12.1 Å². The number of allylic oxidation sites excluding steroid dienone is 1. The molecule has 0 saturated carbocycles. The standard InChI is InChI=1S/C23H24N4O4/c1-4-6-11-31-22-20(27(28)29)13-16(14-21(22)30-3)12-17(15-24)23-25-18-9-7-8-10-19(18)26(23)5-2/h7-10,12-14H,4-6,11H2,1-3H3/b17-12-. The summed E-state index contributed by atoms with van der Waals surface area (Å²) in [5.74, 6) is 0.853. The largest absolute Gasteiger partial charge is 0.493 e. The Morgan fingerprint density at radius 2 is 2.10 bits per heavy atom. The number of aryl methyl sites for hydroxylation is 1. The summed E-state index contributed by atoms with van der Waals surface area (Å²) in [6.45, 7) is 4.97. The van der Waals surface area contributed by atoms with Crippen LogP contribution < -0.4 is 9.47 Å². The number of aromatic nitrogens is 2. The van der Waals surface area contributed by atoms with E-state index in [4.69, 9.17) is 9.47 Å². The maximum Gasteiger partial charge on any atom is 0.315 e. The molecule has 0 radical (unpaired) electrons. The van der Waals surface area contributed by atoms with Gasteiger partial charge in [0, 0.05) is 12.6 Å². The van der Waals surface area contributed by atoms with Gasteiger partial charge in [-0.05, 0) is 43.2 Å². The molecule has 1 heterocycles. The first-order chi connectivity index (χ1) is 15.0. The van der Waals surface area contributed by atoms with Crippen molar-refractivity contribution >= 4 is 28.4 Å². The number of nitriles is 1. The molecule has 1 aromatic heterocycles. The lowest BCUT2D eigenvalue weighted by Gasteiger charge is -2.12. The van der Waals surface area contributed by atoms with Crippen molar-refractivity contribution in [3.05, 3.63) is 57.9 Å². The van der Waals surface area contributed by atoms with Crippen LogP contribution in [0.15, 0.2) is 36.4 Å². The summed E-state index contributed by atoms with van der Waals surface area (Å²) in [6, 6.07) is 12.8. The van der Waals surface area contributed by atoms with Crippen LogP contribution >= 0.6 is 0 Å².